The van der Waals surface area contributed by atoms with Gasteiger partial charge < -0.3 is 0 Å². The molecular formula is C68H78. The van der Waals surface area contributed by atoms with Crippen molar-refractivity contribution < 1.29 is 0 Å². The van der Waals surface area contributed by atoms with Crippen LogP contribution >= 0.6 is 0 Å². The molecule has 0 heterocycles. The van der Waals surface area contributed by atoms with Gasteiger partial charge in [-0.3, -0.25) is 0 Å². The molecule has 0 nitrogen and oxygen atoms in total. The highest BCUT2D eigenvalue weighted by Gasteiger charge is 1.79. The highest BCUT2D eigenvalue weighted by atomic mass is 13.9. The zero-order valence-corrected chi connectivity index (χ0v) is 40.9. The van der Waals surface area contributed by atoms with Crippen molar-refractivity contribution in [2.24, 2.45) is 0 Å². The van der Waals surface area contributed by atoms with Crippen LogP contribution in [0.1, 0.15) is 33.4 Å². The SMILES string of the molecule is C=CC=C.C=CC=C.C=CC=C.C=CC=C.C=CC=C.C=Cc1ccccc1.C=Cc1ccccc1.C=Cc1ccccc1.C=Cc1ccccc1.C=Cc1ccccc1.C=Cc1ccccc1. The molecule has 0 amide bonds. The fourth-order valence-electron chi connectivity index (χ4n) is 3.53. The van der Waals surface area contributed by atoms with E-state index in [4.69, 9.17) is 0 Å². The van der Waals surface area contributed by atoms with Gasteiger partial charge >= 0.3 is 0 Å². The summed E-state index contributed by atoms with van der Waals surface area (Å²) in [7, 11) is 0. The predicted octanol–water partition coefficient (Wildman–Crippen LogP) is 20.8. The maximum atomic E-state index is 3.63. The van der Waals surface area contributed by atoms with Crippen LogP contribution in [0.4, 0.5) is 0 Å². The summed E-state index contributed by atoms with van der Waals surface area (Å²) in [6, 6.07) is 60.2. The lowest BCUT2D eigenvalue weighted by Gasteiger charge is -1.85. The minimum atomic E-state index is 1.17. The Labute approximate surface area is 415 Å². The van der Waals surface area contributed by atoms with Crippen molar-refractivity contribution >= 4 is 36.5 Å². The molecular weight excluding hydrogens is 817 g/mol. The molecule has 0 spiro atoms. The predicted molar refractivity (Wildman–Crippen MR) is 321 cm³/mol. The van der Waals surface area contributed by atoms with E-state index in [0.29, 0.717) is 0 Å². The zero-order chi connectivity index (χ0) is 52.0. The summed E-state index contributed by atoms with van der Waals surface area (Å²) >= 11 is 0. The normalized spacial score (nSPS) is 7.47. The van der Waals surface area contributed by atoms with Crippen LogP contribution in [0, 0.1) is 0 Å². The van der Waals surface area contributed by atoms with Gasteiger partial charge in [0.2, 0.25) is 0 Å². The molecule has 0 fully saturated rings. The number of benzene rings is 6. The van der Waals surface area contributed by atoms with E-state index in [9.17, 15) is 0 Å². The molecule has 0 aliphatic heterocycles. The van der Waals surface area contributed by atoms with E-state index in [1.807, 2.05) is 218 Å². The molecule has 6 aromatic carbocycles. The summed E-state index contributed by atoms with van der Waals surface area (Å²) in [5, 5.41) is 0. The summed E-state index contributed by atoms with van der Waals surface area (Å²) in [6.07, 6.45) is 27.4. The minimum absolute atomic E-state index is 1.17. The zero-order valence-electron chi connectivity index (χ0n) is 40.9. The van der Waals surface area contributed by atoms with E-state index in [-0.39, 0.29) is 0 Å². The first-order valence-corrected chi connectivity index (χ1v) is 21.4. The average molecular weight is 895 g/mol. The summed E-state index contributed by atoms with van der Waals surface area (Å²) < 4.78 is 0. The van der Waals surface area contributed by atoms with Crippen molar-refractivity contribution in [3.05, 3.63) is 381 Å². The quantitative estimate of drug-likeness (QED) is 0.114. The van der Waals surface area contributed by atoms with Gasteiger partial charge in [-0.1, -0.05) is 384 Å². The fourth-order valence-corrected chi connectivity index (χ4v) is 3.53. The molecule has 68 heavy (non-hydrogen) atoms. The second-order valence-electron chi connectivity index (χ2n) is 12.0. The van der Waals surface area contributed by atoms with Gasteiger partial charge in [-0.15, -0.1) is 0 Å². The highest BCUT2D eigenvalue weighted by Crippen LogP contribution is 2.01. The molecule has 0 aliphatic rings. The van der Waals surface area contributed by atoms with E-state index in [0.717, 1.165) is 0 Å². The van der Waals surface area contributed by atoms with Gasteiger partial charge in [0.15, 0.2) is 0 Å². The Balaban J connectivity index is -0.000000217. The molecule has 350 valence electrons. The van der Waals surface area contributed by atoms with Crippen LogP contribution in [0.2, 0.25) is 0 Å². The largest absolute Gasteiger partial charge is 0.0991 e. The first-order chi connectivity index (χ1) is 33.2. The first kappa shape index (κ1) is 68.2. The molecule has 0 unspecified atom stereocenters. The third-order valence-corrected chi connectivity index (χ3v) is 7.04. The Hall–Kier alpha value is -8.84. The second-order valence-corrected chi connectivity index (χ2v) is 12.0. The van der Waals surface area contributed by atoms with Crippen molar-refractivity contribution in [1.29, 1.82) is 0 Å². The van der Waals surface area contributed by atoms with Gasteiger partial charge in [0.25, 0.3) is 0 Å². The first-order valence-electron chi connectivity index (χ1n) is 21.4. The molecule has 0 saturated heterocycles. The standard InChI is InChI=1S/6C8H8.5C4H6/c6*1-2-8-6-4-3-5-7-8;5*1-3-4-2/h6*2-7H,1H2;5*3-4H,1-2H2. The van der Waals surface area contributed by atoms with Crippen LogP contribution in [-0.4, -0.2) is 0 Å². The van der Waals surface area contributed by atoms with Crippen molar-refractivity contribution in [2.45, 2.75) is 0 Å². The van der Waals surface area contributed by atoms with Crippen LogP contribution in [-0.2, 0) is 0 Å². The number of hydrogen-bond donors (Lipinski definition) is 0. The van der Waals surface area contributed by atoms with Gasteiger partial charge in [0, 0.05) is 0 Å². The number of rotatable bonds is 11. The minimum Gasteiger partial charge on any atom is -0.0991 e. The lowest BCUT2D eigenvalue weighted by molar-refractivity contribution is 1.67. The highest BCUT2D eigenvalue weighted by molar-refractivity contribution is 5.48. The van der Waals surface area contributed by atoms with Gasteiger partial charge in [-0.05, 0) is 33.4 Å². The Morgan fingerprint density at radius 2 is 0.235 bits per heavy atom. The molecule has 0 N–H and O–H groups in total. The van der Waals surface area contributed by atoms with Gasteiger partial charge in [0.1, 0.15) is 0 Å². The Morgan fingerprint density at radius 3 is 0.279 bits per heavy atom. The Bertz CT molecular complexity index is 1710. The summed E-state index contributed by atoms with van der Waals surface area (Å²) in [6.45, 7) is 55.4. The van der Waals surface area contributed by atoms with E-state index >= 15 is 0 Å². The van der Waals surface area contributed by atoms with Crippen LogP contribution in [0.15, 0.2) is 348 Å². The molecule has 0 radical (unpaired) electrons. The summed E-state index contributed by atoms with van der Waals surface area (Å²) in [5.74, 6) is 0. The van der Waals surface area contributed by atoms with E-state index in [1.165, 1.54) is 33.4 Å². The molecule has 0 bridgehead atoms. The summed E-state index contributed by atoms with van der Waals surface area (Å²) in [4.78, 5) is 0. The maximum Gasteiger partial charge on any atom is -0.0263 e. The lowest BCUT2D eigenvalue weighted by atomic mass is 10.2. The van der Waals surface area contributed by atoms with Crippen LogP contribution in [0.25, 0.3) is 36.5 Å². The maximum absolute atomic E-state index is 3.63. The van der Waals surface area contributed by atoms with Crippen LogP contribution < -0.4 is 0 Å². The second kappa shape index (κ2) is 62.5. The van der Waals surface area contributed by atoms with Crippen molar-refractivity contribution in [3.8, 4) is 0 Å². The monoisotopic (exact) mass is 895 g/mol. The van der Waals surface area contributed by atoms with Crippen molar-refractivity contribution in [3.63, 3.8) is 0 Å². The number of allylic oxidation sites excluding steroid dienone is 10. The third-order valence-electron chi connectivity index (χ3n) is 7.04. The number of hydrogen-bond acceptors (Lipinski definition) is 0. The molecule has 6 rings (SSSR count). The molecule has 0 aromatic heterocycles. The third kappa shape index (κ3) is 57.2. The average Bonchev–Trinajstić information content (AvgIpc) is 3.45. The van der Waals surface area contributed by atoms with E-state index in [2.05, 4.69) is 105 Å². The topological polar surface area (TPSA) is 0 Å². The molecule has 0 atom stereocenters. The molecule has 0 aliphatic carbocycles. The van der Waals surface area contributed by atoms with Crippen molar-refractivity contribution in [1.82, 2.24) is 0 Å². The molecule has 6 aromatic rings. The lowest BCUT2D eigenvalue weighted by Crippen LogP contribution is -1.63. The Morgan fingerprint density at radius 1 is 0.147 bits per heavy atom. The smallest absolute Gasteiger partial charge is 0.0263 e. The van der Waals surface area contributed by atoms with Gasteiger partial charge in [-0.25, -0.2) is 0 Å². The molecule has 0 heteroatoms. The van der Waals surface area contributed by atoms with Gasteiger partial charge in [-0.2, -0.15) is 0 Å². The Kier molecular flexibility index (Phi) is 62.7. The van der Waals surface area contributed by atoms with Crippen LogP contribution in [0.5, 0.6) is 0 Å². The van der Waals surface area contributed by atoms with E-state index < -0.39 is 0 Å². The van der Waals surface area contributed by atoms with Crippen molar-refractivity contribution in [2.75, 3.05) is 0 Å². The summed E-state index contributed by atoms with van der Waals surface area (Å²) in [5.41, 5.74) is 7.04. The fraction of sp³-hybridized carbons (Fsp3) is 0. The molecule has 0 saturated carbocycles. The van der Waals surface area contributed by atoms with E-state index in [1.54, 1.807) is 60.8 Å². The van der Waals surface area contributed by atoms with Crippen LogP contribution in [0.3, 0.4) is 0 Å². The van der Waals surface area contributed by atoms with Gasteiger partial charge in [0.05, 0.1) is 0 Å².